The second-order valence-corrected chi connectivity index (χ2v) is 4.17. The predicted molar refractivity (Wildman–Crippen MR) is 80.6 cm³/mol. The van der Waals surface area contributed by atoms with Gasteiger partial charge in [0.2, 0.25) is 0 Å². The summed E-state index contributed by atoms with van der Waals surface area (Å²) in [5.41, 5.74) is 1.05. The van der Waals surface area contributed by atoms with E-state index in [1.54, 1.807) is 7.11 Å². The van der Waals surface area contributed by atoms with Gasteiger partial charge in [-0.15, -0.1) is 0 Å². The van der Waals surface area contributed by atoms with E-state index in [0.717, 1.165) is 18.7 Å². The molecule has 1 aliphatic heterocycles. The maximum atomic E-state index is 5.60. The number of hydrogen-bond acceptors (Lipinski definition) is 3. The molecule has 0 amide bonds. The minimum Gasteiger partial charge on any atom is -0.374 e. The number of rotatable bonds is 5. The third-order valence-electron chi connectivity index (χ3n) is 3.04. The van der Waals surface area contributed by atoms with Crippen LogP contribution >= 0.6 is 0 Å². The normalized spacial score (nSPS) is 22.5. The third kappa shape index (κ3) is 5.78. The molecule has 3 heteroatoms. The van der Waals surface area contributed by atoms with Crippen LogP contribution in [0.1, 0.15) is 46.5 Å². The van der Waals surface area contributed by atoms with Crippen LogP contribution in [0.3, 0.4) is 0 Å². The van der Waals surface area contributed by atoms with Crippen molar-refractivity contribution >= 4 is 5.71 Å². The third-order valence-corrected chi connectivity index (χ3v) is 3.04. The Morgan fingerprint density at radius 3 is 2.61 bits per heavy atom. The van der Waals surface area contributed by atoms with Crippen molar-refractivity contribution in [2.45, 2.75) is 58.6 Å². The highest BCUT2D eigenvalue weighted by Gasteiger charge is 2.25. The van der Waals surface area contributed by atoms with Crippen LogP contribution in [0.25, 0.3) is 0 Å². The first-order chi connectivity index (χ1) is 8.83. The Morgan fingerprint density at radius 2 is 2.17 bits per heavy atom. The zero-order valence-corrected chi connectivity index (χ0v) is 12.7. The number of aliphatic imine (C=N–C) groups is 1. The van der Waals surface area contributed by atoms with Crippen molar-refractivity contribution < 1.29 is 4.74 Å². The van der Waals surface area contributed by atoms with Crippen LogP contribution in [0, 0.1) is 0 Å². The molecule has 0 aromatic heterocycles. The Balaban J connectivity index is 0.00000137. The van der Waals surface area contributed by atoms with Gasteiger partial charge in [0.15, 0.2) is 0 Å². The predicted octanol–water partition coefficient (Wildman–Crippen LogP) is 3.21. The van der Waals surface area contributed by atoms with Crippen molar-refractivity contribution in [1.82, 2.24) is 5.32 Å². The molecule has 1 fully saturated rings. The fourth-order valence-electron chi connectivity index (χ4n) is 2.16. The van der Waals surface area contributed by atoms with Crippen molar-refractivity contribution in [3.8, 4) is 0 Å². The van der Waals surface area contributed by atoms with E-state index in [2.05, 4.69) is 29.4 Å². The molecule has 1 N–H and O–H groups in total. The number of ether oxygens (including phenoxy) is 1. The Hall–Kier alpha value is -0.670. The molecular weight excluding hydrogens is 224 g/mol. The molecule has 1 saturated heterocycles. The van der Waals surface area contributed by atoms with Crippen LogP contribution in [-0.4, -0.2) is 38.6 Å². The minimum atomic E-state index is 0.0908. The SMILES string of the molecule is CC.CC/C=C\C(=NC)C(OC)C1CCCCN1. The van der Waals surface area contributed by atoms with E-state index in [9.17, 15) is 0 Å². The highest BCUT2D eigenvalue weighted by Crippen LogP contribution is 2.14. The van der Waals surface area contributed by atoms with Gasteiger partial charge >= 0.3 is 0 Å². The molecule has 1 heterocycles. The molecule has 0 radical (unpaired) electrons. The first-order valence-electron chi connectivity index (χ1n) is 7.22. The van der Waals surface area contributed by atoms with Crippen LogP contribution in [0.15, 0.2) is 17.1 Å². The largest absolute Gasteiger partial charge is 0.374 e. The Labute approximate surface area is 113 Å². The molecule has 1 rings (SSSR count). The average molecular weight is 254 g/mol. The first kappa shape index (κ1) is 17.3. The molecule has 0 aromatic carbocycles. The van der Waals surface area contributed by atoms with E-state index in [4.69, 9.17) is 4.74 Å². The Kier molecular flexibility index (Phi) is 11.0. The van der Waals surface area contributed by atoms with E-state index >= 15 is 0 Å². The summed E-state index contributed by atoms with van der Waals surface area (Å²) in [5.74, 6) is 0. The number of hydrogen-bond donors (Lipinski definition) is 1. The van der Waals surface area contributed by atoms with Gasteiger partial charge in [-0.1, -0.05) is 33.3 Å². The van der Waals surface area contributed by atoms with E-state index in [0.29, 0.717) is 6.04 Å². The van der Waals surface area contributed by atoms with Gasteiger partial charge in [0.1, 0.15) is 6.10 Å². The van der Waals surface area contributed by atoms with Gasteiger partial charge in [0.25, 0.3) is 0 Å². The maximum absolute atomic E-state index is 5.60. The lowest BCUT2D eigenvalue weighted by molar-refractivity contribution is 0.110. The van der Waals surface area contributed by atoms with Gasteiger partial charge in [-0.3, -0.25) is 4.99 Å². The number of methoxy groups -OCH3 is 1. The van der Waals surface area contributed by atoms with E-state index in [-0.39, 0.29) is 6.10 Å². The lowest BCUT2D eigenvalue weighted by Crippen LogP contribution is -2.47. The first-order valence-corrected chi connectivity index (χ1v) is 7.22. The molecule has 0 spiro atoms. The summed E-state index contributed by atoms with van der Waals surface area (Å²) in [4.78, 5) is 4.34. The summed E-state index contributed by atoms with van der Waals surface area (Å²) in [6.45, 7) is 7.23. The van der Waals surface area contributed by atoms with E-state index < -0.39 is 0 Å². The van der Waals surface area contributed by atoms with Crippen LogP contribution in [0.4, 0.5) is 0 Å². The van der Waals surface area contributed by atoms with Crippen LogP contribution in [0.2, 0.25) is 0 Å². The Morgan fingerprint density at radius 1 is 1.44 bits per heavy atom. The molecule has 0 aliphatic carbocycles. The smallest absolute Gasteiger partial charge is 0.114 e. The summed E-state index contributed by atoms with van der Waals surface area (Å²) in [6, 6.07) is 0.416. The van der Waals surface area contributed by atoms with Crippen molar-refractivity contribution in [3.63, 3.8) is 0 Å². The second kappa shape index (κ2) is 11.4. The standard InChI is InChI=1S/C13H24N2O.C2H6/c1-4-5-8-11(14-2)13(16-3)12-9-6-7-10-15-12;1-2/h5,8,12-13,15H,4,6-7,9-10H2,1-3H3;1-2H3/b8-5-,14-11?;. The van der Waals surface area contributed by atoms with Crippen LogP contribution < -0.4 is 5.32 Å². The number of nitrogens with zero attached hydrogens (tertiary/aromatic N) is 1. The zero-order valence-electron chi connectivity index (χ0n) is 12.7. The summed E-state index contributed by atoms with van der Waals surface area (Å²) in [5, 5.41) is 3.52. The highest BCUT2D eigenvalue weighted by molar-refractivity contribution is 5.99. The molecule has 106 valence electrons. The van der Waals surface area contributed by atoms with E-state index in [1.807, 2.05) is 20.9 Å². The monoisotopic (exact) mass is 254 g/mol. The molecular formula is C15H30N2O. The van der Waals surface area contributed by atoms with Crippen molar-refractivity contribution in [3.05, 3.63) is 12.2 Å². The summed E-state index contributed by atoms with van der Waals surface area (Å²) < 4.78 is 5.60. The molecule has 2 atom stereocenters. The fourth-order valence-corrected chi connectivity index (χ4v) is 2.16. The molecule has 0 bridgehead atoms. The second-order valence-electron chi connectivity index (χ2n) is 4.17. The van der Waals surface area contributed by atoms with Gasteiger partial charge < -0.3 is 10.1 Å². The Bertz CT molecular complexity index is 243. The van der Waals surface area contributed by atoms with E-state index in [1.165, 1.54) is 19.3 Å². The summed E-state index contributed by atoms with van der Waals surface area (Å²) in [6.07, 6.45) is 9.09. The van der Waals surface area contributed by atoms with Gasteiger partial charge in [-0.25, -0.2) is 0 Å². The molecule has 3 nitrogen and oxygen atoms in total. The maximum Gasteiger partial charge on any atom is 0.114 e. The molecule has 1 aliphatic rings. The summed E-state index contributed by atoms with van der Waals surface area (Å²) in [7, 11) is 3.61. The lowest BCUT2D eigenvalue weighted by atomic mass is 9.96. The lowest BCUT2D eigenvalue weighted by Gasteiger charge is -2.30. The fraction of sp³-hybridized carbons (Fsp3) is 0.800. The zero-order chi connectivity index (χ0) is 13.8. The van der Waals surface area contributed by atoms with Gasteiger partial charge in [-0.05, 0) is 31.9 Å². The van der Waals surface area contributed by atoms with Gasteiger partial charge in [0, 0.05) is 20.2 Å². The average Bonchev–Trinajstić information content (AvgIpc) is 2.46. The van der Waals surface area contributed by atoms with Gasteiger partial charge in [-0.2, -0.15) is 0 Å². The van der Waals surface area contributed by atoms with Crippen LogP contribution in [-0.2, 0) is 4.74 Å². The van der Waals surface area contributed by atoms with Crippen molar-refractivity contribution in [2.24, 2.45) is 4.99 Å². The summed E-state index contributed by atoms with van der Waals surface area (Å²) >= 11 is 0. The topological polar surface area (TPSA) is 33.6 Å². The quantitative estimate of drug-likeness (QED) is 0.764. The number of nitrogens with one attached hydrogen (secondary N) is 1. The molecule has 0 aromatic rings. The number of allylic oxidation sites excluding steroid dienone is 1. The molecule has 0 saturated carbocycles. The highest BCUT2D eigenvalue weighted by atomic mass is 16.5. The number of piperidine rings is 1. The van der Waals surface area contributed by atoms with Crippen molar-refractivity contribution in [1.29, 1.82) is 0 Å². The minimum absolute atomic E-state index is 0.0908. The molecule has 18 heavy (non-hydrogen) atoms. The molecule has 2 unspecified atom stereocenters. The van der Waals surface area contributed by atoms with Crippen molar-refractivity contribution in [2.75, 3.05) is 20.7 Å². The van der Waals surface area contributed by atoms with Gasteiger partial charge in [0.05, 0.1) is 5.71 Å². The van der Waals surface area contributed by atoms with Crippen LogP contribution in [0.5, 0.6) is 0 Å².